The van der Waals surface area contributed by atoms with Gasteiger partial charge in [-0.15, -0.1) is 0 Å². The molecular weight excluding hydrogens is 254 g/mol. The molecule has 1 rings (SSSR count). The molecule has 3 atom stereocenters. The Kier molecular flexibility index (Phi) is 6.92. The summed E-state index contributed by atoms with van der Waals surface area (Å²) in [6, 6.07) is 0.540. The zero-order valence-corrected chi connectivity index (χ0v) is 13.4. The summed E-state index contributed by atoms with van der Waals surface area (Å²) in [5.41, 5.74) is 4.86. The van der Waals surface area contributed by atoms with Gasteiger partial charge in [0.1, 0.15) is 0 Å². The molecule has 0 aromatic rings. The van der Waals surface area contributed by atoms with Crippen LogP contribution in [0.2, 0.25) is 0 Å². The summed E-state index contributed by atoms with van der Waals surface area (Å²) in [6.45, 7) is 9.14. The number of hydrogen-bond acceptors (Lipinski definition) is 4. The number of hydrogen-bond donors (Lipinski definition) is 2. The molecule has 1 saturated heterocycles. The number of ether oxygens (including phenoxy) is 1. The first-order valence-electron chi connectivity index (χ1n) is 7.77. The first kappa shape index (κ1) is 17.4. The molecule has 3 unspecified atom stereocenters. The van der Waals surface area contributed by atoms with Crippen molar-refractivity contribution in [1.82, 2.24) is 10.2 Å². The third-order valence-electron chi connectivity index (χ3n) is 4.52. The van der Waals surface area contributed by atoms with E-state index in [1.807, 2.05) is 6.92 Å². The number of amides is 1. The number of likely N-dealkylation sites (N-methyl/N-ethyl adjacent to an activating group) is 1. The van der Waals surface area contributed by atoms with E-state index in [9.17, 15) is 4.79 Å². The second-order valence-corrected chi connectivity index (χ2v) is 6.10. The Labute approximate surface area is 123 Å². The van der Waals surface area contributed by atoms with Crippen molar-refractivity contribution in [1.29, 1.82) is 0 Å². The van der Waals surface area contributed by atoms with Gasteiger partial charge in [-0.05, 0) is 53.1 Å². The predicted molar refractivity (Wildman–Crippen MR) is 81.6 cm³/mol. The summed E-state index contributed by atoms with van der Waals surface area (Å²) < 4.78 is 5.71. The number of carbonyl (C=O) groups excluding carboxylic acids is 1. The van der Waals surface area contributed by atoms with Crippen LogP contribution in [0.15, 0.2) is 0 Å². The van der Waals surface area contributed by atoms with Gasteiger partial charge in [0, 0.05) is 12.6 Å². The van der Waals surface area contributed by atoms with Gasteiger partial charge in [-0.2, -0.15) is 0 Å². The molecule has 3 N–H and O–H groups in total. The molecule has 0 spiro atoms. The number of nitrogens with zero attached hydrogens (tertiary/aromatic N) is 1. The topological polar surface area (TPSA) is 67.6 Å². The van der Waals surface area contributed by atoms with Crippen molar-refractivity contribution >= 4 is 5.91 Å². The van der Waals surface area contributed by atoms with Gasteiger partial charge in [0.25, 0.3) is 0 Å². The minimum Gasteiger partial charge on any atom is -0.376 e. The number of primary amides is 1. The Morgan fingerprint density at radius 2 is 2.20 bits per heavy atom. The van der Waals surface area contributed by atoms with E-state index in [-0.39, 0.29) is 5.91 Å². The van der Waals surface area contributed by atoms with E-state index >= 15 is 0 Å². The molecule has 5 nitrogen and oxygen atoms in total. The summed E-state index contributed by atoms with van der Waals surface area (Å²) in [7, 11) is 1.79. The van der Waals surface area contributed by atoms with Crippen LogP contribution in [0.1, 0.15) is 46.5 Å². The molecule has 0 bridgehead atoms. The van der Waals surface area contributed by atoms with Crippen molar-refractivity contribution in [3.05, 3.63) is 0 Å². The third-order valence-corrected chi connectivity index (χ3v) is 4.52. The molecule has 0 aliphatic carbocycles. The van der Waals surface area contributed by atoms with Gasteiger partial charge >= 0.3 is 0 Å². The molecular formula is C15H31N3O2. The number of carbonyl (C=O) groups is 1. The second kappa shape index (κ2) is 7.96. The van der Waals surface area contributed by atoms with Crippen LogP contribution >= 0.6 is 0 Å². The Balaban J connectivity index is 2.34. The van der Waals surface area contributed by atoms with Gasteiger partial charge in [0.2, 0.25) is 5.91 Å². The van der Waals surface area contributed by atoms with E-state index in [4.69, 9.17) is 10.5 Å². The molecule has 1 heterocycles. The first-order chi connectivity index (χ1) is 9.42. The van der Waals surface area contributed by atoms with Gasteiger partial charge in [-0.1, -0.05) is 6.92 Å². The van der Waals surface area contributed by atoms with Crippen molar-refractivity contribution in [2.24, 2.45) is 5.73 Å². The monoisotopic (exact) mass is 285 g/mol. The van der Waals surface area contributed by atoms with E-state index < -0.39 is 5.54 Å². The van der Waals surface area contributed by atoms with Crippen LogP contribution in [0.4, 0.5) is 0 Å². The van der Waals surface area contributed by atoms with Crippen molar-refractivity contribution in [2.45, 2.75) is 64.1 Å². The Hall–Kier alpha value is -0.650. The van der Waals surface area contributed by atoms with Gasteiger partial charge in [0.05, 0.1) is 18.2 Å². The van der Waals surface area contributed by atoms with Crippen LogP contribution in [0.5, 0.6) is 0 Å². The van der Waals surface area contributed by atoms with Crippen molar-refractivity contribution in [2.75, 3.05) is 26.7 Å². The lowest BCUT2D eigenvalue weighted by Crippen LogP contribution is -2.51. The van der Waals surface area contributed by atoms with E-state index in [1.54, 1.807) is 7.05 Å². The highest BCUT2D eigenvalue weighted by atomic mass is 16.5. The molecule has 1 aliphatic rings. The first-order valence-corrected chi connectivity index (χ1v) is 7.77. The summed E-state index contributed by atoms with van der Waals surface area (Å²) in [5, 5.41) is 3.04. The smallest absolute Gasteiger partial charge is 0.237 e. The Morgan fingerprint density at radius 1 is 1.50 bits per heavy atom. The maximum atomic E-state index is 11.4. The quantitative estimate of drug-likeness (QED) is 0.656. The van der Waals surface area contributed by atoms with Crippen LogP contribution < -0.4 is 11.1 Å². The number of unbranched alkanes of at least 4 members (excludes halogenated alkanes) is 1. The molecule has 20 heavy (non-hydrogen) atoms. The second-order valence-electron chi connectivity index (χ2n) is 6.10. The van der Waals surface area contributed by atoms with Gasteiger partial charge in [-0.25, -0.2) is 0 Å². The standard InChI is InChI=1S/C15H31N3O2/c1-5-13-11-20-12(2)10-18(13)9-7-6-8-15(3,17-4)14(16)19/h12-13,17H,5-11H2,1-4H3,(H2,16,19). The Morgan fingerprint density at radius 3 is 2.75 bits per heavy atom. The predicted octanol–water partition coefficient (Wildman–Crippen LogP) is 1.12. The highest BCUT2D eigenvalue weighted by Gasteiger charge is 2.29. The largest absolute Gasteiger partial charge is 0.376 e. The van der Waals surface area contributed by atoms with Crippen LogP contribution in [0, 0.1) is 0 Å². The van der Waals surface area contributed by atoms with Gasteiger partial charge in [0.15, 0.2) is 0 Å². The Bertz CT molecular complexity index is 311. The number of nitrogens with two attached hydrogens (primary N) is 1. The normalized spacial score (nSPS) is 27.2. The van der Waals surface area contributed by atoms with E-state index in [1.165, 1.54) is 0 Å². The molecule has 1 fully saturated rings. The fraction of sp³-hybridized carbons (Fsp3) is 0.933. The molecule has 5 heteroatoms. The fourth-order valence-electron chi connectivity index (χ4n) is 2.73. The van der Waals surface area contributed by atoms with Crippen molar-refractivity contribution < 1.29 is 9.53 Å². The molecule has 1 amide bonds. The summed E-state index contributed by atoms with van der Waals surface area (Å²) in [5.74, 6) is -0.272. The summed E-state index contributed by atoms with van der Waals surface area (Å²) >= 11 is 0. The molecule has 0 aromatic carbocycles. The molecule has 1 aliphatic heterocycles. The molecule has 0 saturated carbocycles. The van der Waals surface area contributed by atoms with Crippen molar-refractivity contribution in [3.8, 4) is 0 Å². The maximum Gasteiger partial charge on any atom is 0.237 e. The van der Waals surface area contributed by atoms with Crippen LogP contribution in [-0.4, -0.2) is 55.2 Å². The average Bonchev–Trinajstić information content (AvgIpc) is 2.43. The SMILES string of the molecule is CCC1COC(C)CN1CCCCC(C)(NC)C(N)=O. The van der Waals surface area contributed by atoms with E-state index in [0.717, 1.165) is 45.4 Å². The van der Waals surface area contributed by atoms with E-state index in [2.05, 4.69) is 24.1 Å². The molecule has 118 valence electrons. The van der Waals surface area contributed by atoms with Gasteiger partial charge in [-0.3, -0.25) is 9.69 Å². The third kappa shape index (κ3) is 4.72. The van der Waals surface area contributed by atoms with Crippen LogP contribution in [-0.2, 0) is 9.53 Å². The summed E-state index contributed by atoms with van der Waals surface area (Å²) in [4.78, 5) is 13.9. The van der Waals surface area contributed by atoms with Crippen LogP contribution in [0.3, 0.4) is 0 Å². The lowest BCUT2D eigenvalue weighted by Gasteiger charge is -2.38. The average molecular weight is 285 g/mol. The van der Waals surface area contributed by atoms with Gasteiger partial charge < -0.3 is 15.8 Å². The fourth-order valence-corrected chi connectivity index (χ4v) is 2.73. The zero-order valence-electron chi connectivity index (χ0n) is 13.4. The summed E-state index contributed by atoms with van der Waals surface area (Å²) in [6.07, 6.45) is 4.33. The minimum absolute atomic E-state index is 0.272. The highest BCUT2D eigenvalue weighted by Crippen LogP contribution is 2.17. The zero-order chi connectivity index (χ0) is 15.2. The number of morpholine rings is 1. The number of nitrogens with one attached hydrogen (secondary N) is 1. The van der Waals surface area contributed by atoms with Crippen molar-refractivity contribution in [3.63, 3.8) is 0 Å². The lowest BCUT2D eigenvalue weighted by molar-refractivity contribution is -0.123. The minimum atomic E-state index is -0.581. The highest BCUT2D eigenvalue weighted by molar-refractivity contribution is 5.84. The van der Waals surface area contributed by atoms with E-state index in [0.29, 0.717) is 12.1 Å². The number of rotatable bonds is 8. The van der Waals surface area contributed by atoms with Crippen LogP contribution in [0.25, 0.3) is 0 Å². The molecule has 0 radical (unpaired) electrons. The molecule has 0 aromatic heterocycles. The maximum absolute atomic E-state index is 11.4. The lowest BCUT2D eigenvalue weighted by atomic mass is 9.94.